The molecule has 1 amide bonds. The molecule has 23 heavy (non-hydrogen) atoms. The van der Waals surface area contributed by atoms with Gasteiger partial charge in [-0.3, -0.25) is 4.79 Å². The molecule has 1 aliphatic heterocycles. The zero-order valence-electron chi connectivity index (χ0n) is 12.4. The molecule has 7 heteroatoms. The van der Waals surface area contributed by atoms with E-state index in [0.29, 0.717) is 41.7 Å². The Morgan fingerprint density at radius 2 is 2.00 bits per heavy atom. The second kappa shape index (κ2) is 5.28. The highest BCUT2D eigenvalue weighted by molar-refractivity contribution is 6.03. The summed E-state index contributed by atoms with van der Waals surface area (Å²) in [5, 5.41) is 6.97. The van der Waals surface area contributed by atoms with Crippen molar-refractivity contribution in [3.8, 4) is 11.5 Å². The van der Waals surface area contributed by atoms with E-state index in [1.54, 1.807) is 41.0 Å². The molecule has 2 aromatic heterocycles. The summed E-state index contributed by atoms with van der Waals surface area (Å²) >= 11 is 0. The molecule has 1 N–H and O–H groups in total. The summed E-state index contributed by atoms with van der Waals surface area (Å²) in [4.78, 5) is 16.7. The minimum atomic E-state index is -0.284. The van der Waals surface area contributed by atoms with Crippen LogP contribution in [0.1, 0.15) is 16.2 Å². The molecule has 0 fully saturated rings. The predicted octanol–water partition coefficient (Wildman–Crippen LogP) is 2.06. The van der Waals surface area contributed by atoms with Crippen molar-refractivity contribution >= 4 is 17.2 Å². The van der Waals surface area contributed by atoms with Crippen LogP contribution in [0, 0.1) is 6.92 Å². The van der Waals surface area contributed by atoms with E-state index in [1.165, 1.54) is 0 Å². The number of carbonyl (C=O) groups is 1. The largest absolute Gasteiger partial charge is 0.486 e. The fraction of sp³-hybridized carbons (Fsp3) is 0.188. The van der Waals surface area contributed by atoms with Crippen LogP contribution in [0.25, 0.3) is 5.65 Å². The van der Waals surface area contributed by atoms with Gasteiger partial charge < -0.3 is 14.8 Å². The van der Waals surface area contributed by atoms with E-state index in [0.717, 1.165) is 5.69 Å². The Hall–Kier alpha value is -3.09. The molecule has 0 aliphatic carbocycles. The maximum atomic E-state index is 12.4. The lowest BCUT2D eigenvalue weighted by atomic mass is 10.2. The first-order valence-electron chi connectivity index (χ1n) is 7.23. The van der Waals surface area contributed by atoms with E-state index >= 15 is 0 Å². The highest BCUT2D eigenvalue weighted by atomic mass is 16.6. The number of carbonyl (C=O) groups excluding carboxylic acids is 1. The number of anilines is 1. The second-order valence-corrected chi connectivity index (χ2v) is 5.20. The quantitative estimate of drug-likeness (QED) is 0.784. The first kappa shape index (κ1) is 13.6. The van der Waals surface area contributed by atoms with Crippen LogP contribution in [0.15, 0.2) is 36.5 Å². The topological polar surface area (TPSA) is 77.8 Å². The number of hydrogen-bond acceptors (Lipinski definition) is 5. The van der Waals surface area contributed by atoms with Crippen LogP contribution in [0.4, 0.5) is 5.69 Å². The molecule has 116 valence electrons. The molecule has 3 aromatic rings. The molecule has 1 aliphatic rings. The summed E-state index contributed by atoms with van der Waals surface area (Å²) in [6.45, 7) is 2.92. The number of nitrogens with one attached hydrogen (secondary N) is 1. The summed E-state index contributed by atoms with van der Waals surface area (Å²) in [7, 11) is 0. The molecule has 1 aromatic carbocycles. The first-order valence-corrected chi connectivity index (χ1v) is 7.23. The number of fused-ring (bicyclic) bond motifs is 2. The first-order chi connectivity index (χ1) is 11.2. The third kappa shape index (κ3) is 2.46. The van der Waals surface area contributed by atoms with Gasteiger partial charge in [-0.1, -0.05) is 0 Å². The molecule has 0 radical (unpaired) electrons. The highest BCUT2D eigenvalue weighted by Crippen LogP contribution is 2.32. The van der Waals surface area contributed by atoms with Crippen LogP contribution >= 0.6 is 0 Å². The van der Waals surface area contributed by atoms with Crippen molar-refractivity contribution in [1.29, 1.82) is 0 Å². The lowest BCUT2D eigenvalue weighted by molar-refractivity contribution is 0.102. The van der Waals surface area contributed by atoms with Crippen molar-refractivity contribution in [1.82, 2.24) is 14.6 Å². The maximum absolute atomic E-state index is 12.4. The van der Waals surface area contributed by atoms with Crippen LogP contribution in [0.2, 0.25) is 0 Å². The van der Waals surface area contributed by atoms with Gasteiger partial charge in [-0.2, -0.15) is 5.10 Å². The molecule has 0 spiro atoms. The van der Waals surface area contributed by atoms with Crippen molar-refractivity contribution < 1.29 is 14.3 Å². The van der Waals surface area contributed by atoms with Crippen molar-refractivity contribution in [2.24, 2.45) is 0 Å². The van der Waals surface area contributed by atoms with Gasteiger partial charge in [0.2, 0.25) is 0 Å². The van der Waals surface area contributed by atoms with Crippen molar-refractivity contribution in [2.75, 3.05) is 18.5 Å². The Kier molecular flexibility index (Phi) is 3.11. The number of aryl methyl sites for hydroxylation is 1. The molecule has 0 saturated carbocycles. The lowest BCUT2D eigenvalue weighted by Crippen LogP contribution is -2.17. The minimum absolute atomic E-state index is 0.284. The Balaban J connectivity index is 1.61. The van der Waals surface area contributed by atoms with Crippen LogP contribution in [0.3, 0.4) is 0 Å². The predicted molar refractivity (Wildman–Crippen MR) is 83.1 cm³/mol. The minimum Gasteiger partial charge on any atom is -0.486 e. The van der Waals surface area contributed by atoms with Gasteiger partial charge in [0.05, 0.1) is 6.20 Å². The normalized spacial score (nSPS) is 13.1. The standard InChI is InChI=1S/C16H14N4O3/c1-10-8-12(19-15-4-5-17-20(10)15)16(21)18-11-2-3-13-14(9-11)23-7-6-22-13/h2-5,8-9H,6-7H2,1H3,(H,18,21). The number of hydrogen-bond donors (Lipinski definition) is 1. The Labute approximate surface area is 131 Å². The zero-order chi connectivity index (χ0) is 15.8. The Bertz CT molecular complexity index is 903. The smallest absolute Gasteiger partial charge is 0.274 e. The number of nitrogens with zero attached hydrogens (tertiary/aromatic N) is 3. The van der Waals surface area contributed by atoms with Crippen molar-refractivity contribution in [3.05, 3.63) is 47.9 Å². The van der Waals surface area contributed by atoms with Crippen LogP contribution in [-0.4, -0.2) is 33.7 Å². The maximum Gasteiger partial charge on any atom is 0.274 e. The average molecular weight is 310 g/mol. The van der Waals surface area contributed by atoms with E-state index in [1.807, 2.05) is 6.92 Å². The molecule has 0 saturated heterocycles. The number of ether oxygens (including phenoxy) is 2. The summed E-state index contributed by atoms with van der Waals surface area (Å²) < 4.78 is 12.7. The average Bonchev–Trinajstić information content (AvgIpc) is 3.04. The van der Waals surface area contributed by atoms with Crippen LogP contribution in [-0.2, 0) is 0 Å². The second-order valence-electron chi connectivity index (χ2n) is 5.20. The lowest BCUT2D eigenvalue weighted by Gasteiger charge is -2.19. The fourth-order valence-corrected chi connectivity index (χ4v) is 2.50. The molecular weight excluding hydrogens is 296 g/mol. The third-order valence-electron chi connectivity index (χ3n) is 3.57. The number of rotatable bonds is 2. The van der Waals surface area contributed by atoms with Crippen LogP contribution in [0.5, 0.6) is 11.5 Å². The molecule has 0 bridgehead atoms. The van der Waals surface area contributed by atoms with E-state index in [9.17, 15) is 4.79 Å². The van der Waals surface area contributed by atoms with Crippen LogP contribution < -0.4 is 14.8 Å². The number of benzene rings is 1. The summed E-state index contributed by atoms with van der Waals surface area (Å²) in [6, 6.07) is 8.76. The van der Waals surface area contributed by atoms with Crippen molar-refractivity contribution in [3.63, 3.8) is 0 Å². The molecule has 0 atom stereocenters. The third-order valence-corrected chi connectivity index (χ3v) is 3.57. The van der Waals surface area contributed by atoms with E-state index in [4.69, 9.17) is 9.47 Å². The molecular formula is C16H14N4O3. The van der Waals surface area contributed by atoms with Gasteiger partial charge in [0.1, 0.15) is 18.9 Å². The van der Waals surface area contributed by atoms with Gasteiger partial charge in [-0.15, -0.1) is 0 Å². The Morgan fingerprint density at radius 1 is 1.17 bits per heavy atom. The van der Waals surface area contributed by atoms with Gasteiger partial charge >= 0.3 is 0 Å². The van der Waals surface area contributed by atoms with Gasteiger partial charge in [0.15, 0.2) is 17.1 Å². The summed E-state index contributed by atoms with van der Waals surface area (Å²) in [5.74, 6) is 1.03. The summed E-state index contributed by atoms with van der Waals surface area (Å²) in [5.41, 5.74) is 2.45. The van der Waals surface area contributed by atoms with Gasteiger partial charge in [0.25, 0.3) is 5.91 Å². The summed E-state index contributed by atoms with van der Waals surface area (Å²) in [6.07, 6.45) is 1.65. The van der Waals surface area contributed by atoms with E-state index in [2.05, 4.69) is 15.4 Å². The number of aromatic nitrogens is 3. The molecule has 7 nitrogen and oxygen atoms in total. The molecule has 4 rings (SSSR count). The van der Waals surface area contributed by atoms with Gasteiger partial charge in [-0.25, -0.2) is 9.50 Å². The van der Waals surface area contributed by atoms with E-state index in [-0.39, 0.29) is 5.91 Å². The van der Waals surface area contributed by atoms with E-state index < -0.39 is 0 Å². The zero-order valence-corrected chi connectivity index (χ0v) is 12.4. The molecule has 3 heterocycles. The van der Waals surface area contributed by atoms with Crippen molar-refractivity contribution in [2.45, 2.75) is 6.92 Å². The Morgan fingerprint density at radius 3 is 2.87 bits per heavy atom. The SMILES string of the molecule is Cc1cc(C(=O)Nc2ccc3c(c2)OCCO3)nc2ccnn12. The fourth-order valence-electron chi connectivity index (χ4n) is 2.50. The van der Waals surface area contributed by atoms with Gasteiger partial charge in [-0.05, 0) is 25.1 Å². The number of amides is 1. The monoisotopic (exact) mass is 310 g/mol. The highest BCUT2D eigenvalue weighted by Gasteiger charge is 2.15. The molecule has 0 unspecified atom stereocenters. The van der Waals surface area contributed by atoms with Gasteiger partial charge in [0, 0.05) is 23.5 Å².